The zero-order chi connectivity index (χ0) is 11.0. The van der Waals surface area contributed by atoms with Crippen LogP contribution in [0.5, 0.6) is 0 Å². The smallest absolute Gasteiger partial charge is 0.210 e. The largest absolute Gasteiger partial charge is 0.756 e. The minimum atomic E-state index is -0.429. The molecule has 0 aliphatic rings. The first kappa shape index (κ1) is 12.7. The number of guanidine groups is 2. The Balaban J connectivity index is 3.68. The molecule has 0 aromatic rings. The number of hydroxylamine groups is 2. The lowest BCUT2D eigenvalue weighted by Gasteiger charge is -2.27. The molecular formula is C8H18N5O-. The zero-order valence-electron chi connectivity index (χ0n) is 8.49. The van der Waals surface area contributed by atoms with Crippen LogP contribution in [0, 0.1) is 10.6 Å². The average Bonchev–Trinajstić information content (AvgIpc) is 2.11. The van der Waals surface area contributed by atoms with E-state index in [-0.39, 0.29) is 12.5 Å². The summed E-state index contributed by atoms with van der Waals surface area (Å²) in [6.07, 6.45) is 3.97. The fraction of sp³-hybridized carbons (Fsp3) is 0.750. The maximum atomic E-state index is 11.1. The maximum absolute atomic E-state index is 11.1. The molecule has 0 aliphatic heterocycles. The van der Waals surface area contributed by atoms with Gasteiger partial charge in [-0.25, -0.2) is 0 Å². The van der Waals surface area contributed by atoms with E-state index in [0.29, 0.717) is 5.06 Å². The van der Waals surface area contributed by atoms with Crippen LogP contribution >= 0.6 is 0 Å². The van der Waals surface area contributed by atoms with Crippen LogP contribution in [0.3, 0.4) is 0 Å². The molecule has 0 atom stereocenters. The summed E-state index contributed by atoms with van der Waals surface area (Å²) in [5.74, 6) is -0.689. The van der Waals surface area contributed by atoms with Crippen LogP contribution in [0.4, 0.5) is 0 Å². The Bertz CT molecular complexity index is 200. The highest BCUT2D eigenvalue weighted by Gasteiger charge is 1.97. The molecule has 0 amide bonds. The van der Waals surface area contributed by atoms with Crippen LogP contribution in [0.1, 0.15) is 32.6 Å². The third-order valence-electron chi connectivity index (χ3n) is 1.69. The minimum absolute atomic E-state index is 0.260. The normalized spacial score (nSPS) is 9.57. The van der Waals surface area contributed by atoms with Crippen LogP contribution in [0.2, 0.25) is 0 Å². The minimum Gasteiger partial charge on any atom is -0.756 e. The predicted molar refractivity (Wildman–Crippen MR) is 57.8 cm³/mol. The quantitative estimate of drug-likeness (QED) is 0.260. The van der Waals surface area contributed by atoms with Crippen molar-refractivity contribution in [3.63, 3.8) is 0 Å². The first-order valence-electron chi connectivity index (χ1n) is 4.70. The number of hydrogen-bond acceptors (Lipinski definition) is 2. The molecule has 0 unspecified atom stereocenters. The van der Waals surface area contributed by atoms with E-state index in [1.807, 2.05) is 0 Å². The Kier molecular flexibility index (Phi) is 6.47. The van der Waals surface area contributed by atoms with Crippen molar-refractivity contribution < 1.29 is 0 Å². The monoisotopic (exact) mass is 200 g/mol. The molecule has 5 N–H and O–H groups in total. The molecule has 0 radical (unpaired) electrons. The van der Waals surface area contributed by atoms with Crippen molar-refractivity contribution in [2.24, 2.45) is 16.5 Å². The highest BCUT2D eigenvalue weighted by atomic mass is 16.5. The van der Waals surface area contributed by atoms with Gasteiger partial charge in [0.15, 0.2) is 5.96 Å². The van der Waals surface area contributed by atoms with Gasteiger partial charge in [-0.15, -0.1) is 0 Å². The van der Waals surface area contributed by atoms with Gasteiger partial charge in [-0.05, 0) is 6.42 Å². The standard InChI is InChI=1S/C8H18N5O/c1-2-3-4-5-6-13(14)8(11)12-7(9)10/h2-6H2,1H3,(H5,9,10,11,12)/q-1. The van der Waals surface area contributed by atoms with Crippen LogP contribution in [0.15, 0.2) is 4.99 Å². The molecule has 0 fully saturated rings. The Morgan fingerprint density at radius 3 is 2.50 bits per heavy atom. The van der Waals surface area contributed by atoms with Gasteiger partial charge in [0.1, 0.15) is 0 Å². The van der Waals surface area contributed by atoms with E-state index in [2.05, 4.69) is 11.9 Å². The molecule has 82 valence electrons. The van der Waals surface area contributed by atoms with Gasteiger partial charge in [-0.3, -0.25) is 5.41 Å². The molecule has 0 saturated heterocycles. The lowest BCUT2D eigenvalue weighted by atomic mass is 10.2. The highest BCUT2D eigenvalue weighted by Crippen LogP contribution is 2.01. The van der Waals surface area contributed by atoms with Crippen molar-refractivity contribution in [1.82, 2.24) is 5.06 Å². The molecule has 0 bridgehead atoms. The lowest BCUT2D eigenvalue weighted by molar-refractivity contribution is 0.503. The summed E-state index contributed by atoms with van der Waals surface area (Å²) in [5.41, 5.74) is 10.1. The van der Waals surface area contributed by atoms with Gasteiger partial charge in [-0.2, -0.15) is 4.99 Å². The predicted octanol–water partition coefficient (Wildman–Crippen LogP) is 0.575. The van der Waals surface area contributed by atoms with E-state index in [1.54, 1.807) is 0 Å². The molecule has 0 aromatic heterocycles. The summed E-state index contributed by atoms with van der Waals surface area (Å²) >= 11 is 0. The Morgan fingerprint density at radius 1 is 1.36 bits per heavy atom. The van der Waals surface area contributed by atoms with Crippen molar-refractivity contribution in [1.29, 1.82) is 5.41 Å². The number of nitrogens with one attached hydrogen (secondary N) is 1. The number of nitrogens with zero attached hydrogens (tertiary/aromatic N) is 2. The number of rotatable bonds is 5. The summed E-state index contributed by atoms with van der Waals surface area (Å²) in [6, 6.07) is 0. The van der Waals surface area contributed by atoms with Crippen LogP contribution in [-0.4, -0.2) is 23.5 Å². The van der Waals surface area contributed by atoms with Crippen molar-refractivity contribution in [3.05, 3.63) is 5.21 Å². The second-order valence-electron chi connectivity index (χ2n) is 3.02. The third-order valence-corrected chi connectivity index (χ3v) is 1.69. The van der Waals surface area contributed by atoms with Gasteiger partial charge in [0.2, 0.25) is 5.96 Å². The van der Waals surface area contributed by atoms with Crippen molar-refractivity contribution in [3.8, 4) is 0 Å². The Morgan fingerprint density at radius 2 is 2.00 bits per heavy atom. The summed E-state index contributed by atoms with van der Waals surface area (Å²) in [4.78, 5) is 3.35. The first-order chi connectivity index (χ1) is 6.57. The molecule has 0 rings (SSSR count). The first-order valence-corrected chi connectivity index (χ1v) is 4.70. The van der Waals surface area contributed by atoms with Gasteiger partial charge in [0.05, 0.1) is 0 Å². The maximum Gasteiger partial charge on any atom is 0.210 e. The van der Waals surface area contributed by atoms with Gasteiger partial charge in [0, 0.05) is 6.54 Å². The van der Waals surface area contributed by atoms with Gasteiger partial charge < -0.3 is 21.7 Å². The van der Waals surface area contributed by atoms with Gasteiger partial charge in [0.25, 0.3) is 0 Å². The van der Waals surface area contributed by atoms with Gasteiger partial charge >= 0.3 is 0 Å². The van der Waals surface area contributed by atoms with E-state index in [9.17, 15) is 5.21 Å². The van der Waals surface area contributed by atoms with Crippen molar-refractivity contribution >= 4 is 11.9 Å². The molecule has 14 heavy (non-hydrogen) atoms. The molecule has 0 saturated carbocycles. The summed E-state index contributed by atoms with van der Waals surface area (Å²) in [5, 5.41) is 18.8. The Hall–Kier alpha value is -1.30. The van der Waals surface area contributed by atoms with E-state index in [0.717, 1.165) is 25.7 Å². The van der Waals surface area contributed by atoms with Crippen LogP contribution < -0.4 is 11.5 Å². The third kappa shape index (κ3) is 6.24. The molecule has 0 heterocycles. The number of unbranched alkanes of at least 4 members (excludes halogenated alkanes) is 3. The number of aliphatic imine (C=N–C) groups is 1. The summed E-state index contributed by atoms with van der Waals surface area (Å²) in [7, 11) is 0. The Labute approximate surface area is 84.1 Å². The van der Waals surface area contributed by atoms with Crippen LogP contribution in [0.25, 0.3) is 0 Å². The highest BCUT2D eigenvalue weighted by molar-refractivity contribution is 5.91. The van der Waals surface area contributed by atoms with Crippen molar-refractivity contribution in [2.45, 2.75) is 32.6 Å². The number of nitrogens with two attached hydrogens (primary N) is 2. The van der Waals surface area contributed by atoms with E-state index in [1.165, 1.54) is 0 Å². The summed E-state index contributed by atoms with van der Waals surface area (Å²) < 4.78 is 0. The number of hydrogen-bond donors (Lipinski definition) is 3. The molecule has 0 aliphatic carbocycles. The average molecular weight is 200 g/mol. The topological polar surface area (TPSA) is 115 Å². The lowest BCUT2D eigenvalue weighted by Crippen LogP contribution is -2.30. The van der Waals surface area contributed by atoms with E-state index in [4.69, 9.17) is 16.9 Å². The molecule has 0 aromatic carbocycles. The second kappa shape index (κ2) is 7.14. The van der Waals surface area contributed by atoms with E-state index < -0.39 is 5.96 Å². The molecule has 6 heteroatoms. The fourth-order valence-electron chi connectivity index (χ4n) is 0.966. The van der Waals surface area contributed by atoms with Crippen LogP contribution in [-0.2, 0) is 0 Å². The van der Waals surface area contributed by atoms with Crippen molar-refractivity contribution in [2.75, 3.05) is 6.54 Å². The fourth-order valence-corrected chi connectivity index (χ4v) is 0.966. The second-order valence-corrected chi connectivity index (χ2v) is 3.02. The van der Waals surface area contributed by atoms with E-state index >= 15 is 0 Å². The molecule has 6 nitrogen and oxygen atoms in total. The molecular weight excluding hydrogens is 182 g/mol. The summed E-state index contributed by atoms with van der Waals surface area (Å²) in [6.45, 7) is 2.37. The zero-order valence-corrected chi connectivity index (χ0v) is 8.49. The SMILES string of the molecule is CCCCCCN([O-])C(=N)N=C(N)N. The van der Waals surface area contributed by atoms with Gasteiger partial charge in [-0.1, -0.05) is 26.2 Å². The molecule has 0 spiro atoms.